The number of alkyl halides is 3. The molecule has 7 heteroatoms. The maximum atomic E-state index is 13.4. The van der Waals surface area contributed by atoms with Crippen LogP contribution in [0.25, 0.3) is 0 Å². The number of anilines is 1. The third kappa shape index (κ3) is 3.85. The molecule has 1 atom stereocenters. The van der Waals surface area contributed by atoms with Crippen LogP contribution in [0.5, 0.6) is 0 Å². The van der Waals surface area contributed by atoms with Crippen molar-refractivity contribution in [1.82, 2.24) is 0 Å². The number of nitrogens with one attached hydrogen (secondary N) is 1. The van der Waals surface area contributed by atoms with Gasteiger partial charge in [-0.3, -0.25) is 0 Å². The second-order valence-electron chi connectivity index (χ2n) is 3.67. The van der Waals surface area contributed by atoms with E-state index in [1.165, 1.54) is 7.11 Å². The summed E-state index contributed by atoms with van der Waals surface area (Å²) in [4.78, 5) is 0. The van der Waals surface area contributed by atoms with Crippen LogP contribution in [0.2, 0.25) is 0 Å². The quantitative estimate of drug-likeness (QED) is 0.804. The molecule has 2 N–H and O–H groups in total. The van der Waals surface area contributed by atoms with E-state index in [0.717, 1.165) is 12.1 Å². The summed E-state index contributed by atoms with van der Waals surface area (Å²) in [6.07, 6.45) is -4.58. The lowest BCUT2D eigenvalue weighted by molar-refractivity contribution is -0.137. The van der Waals surface area contributed by atoms with Crippen LogP contribution < -0.4 is 5.32 Å². The number of hydrogen-bond acceptors (Lipinski definition) is 3. The van der Waals surface area contributed by atoms with E-state index in [9.17, 15) is 17.6 Å². The molecule has 0 saturated heterocycles. The van der Waals surface area contributed by atoms with Gasteiger partial charge in [-0.05, 0) is 18.2 Å². The first-order valence-corrected chi connectivity index (χ1v) is 5.11. The van der Waals surface area contributed by atoms with Crippen molar-refractivity contribution >= 4 is 5.69 Å². The van der Waals surface area contributed by atoms with Gasteiger partial charge in [0, 0.05) is 7.11 Å². The van der Waals surface area contributed by atoms with Crippen LogP contribution in [-0.4, -0.2) is 31.5 Å². The van der Waals surface area contributed by atoms with Gasteiger partial charge in [-0.2, -0.15) is 13.2 Å². The van der Waals surface area contributed by atoms with Crippen LogP contribution in [0.15, 0.2) is 18.2 Å². The van der Waals surface area contributed by atoms with Crippen LogP contribution in [0.1, 0.15) is 5.56 Å². The molecule has 1 rings (SSSR count). The summed E-state index contributed by atoms with van der Waals surface area (Å²) in [7, 11) is 1.40. The van der Waals surface area contributed by atoms with Crippen molar-refractivity contribution in [2.45, 2.75) is 12.2 Å². The number of aliphatic hydroxyl groups excluding tert-OH is 1. The number of methoxy groups -OCH3 is 1. The van der Waals surface area contributed by atoms with Gasteiger partial charge in [0.15, 0.2) is 0 Å². The summed E-state index contributed by atoms with van der Waals surface area (Å²) in [5.41, 5.74) is -1.17. The Morgan fingerprint density at radius 1 is 1.39 bits per heavy atom. The summed E-state index contributed by atoms with van der Waals surface area (Å²) >= 11 is 0. The van der Waals surface area contributed by atoms with E-state index in [1.807, 2.05) is 0 Å². The third-order valence-electron chi connectivity index (χ3n) is 2.24. The maximum absolute atomic E-state index is 13.4. The van der Waals surface area contributed by atoms with Gasteiger partial charge < -0.3 is 15.2 Å². The minimum Gasteiger partial charge on any atom is -0.394 e. The summed E-state index contributed by atoms with van der Waals surface area (Å²) in [5.74, 6) is -1.03. The smallest absolute Gasteiger partial charge is 0.394 e. The van der Waals surface area contributed by atoms with Crippen LogP contribution in [-0.2, 0) is 10.9 Å². The highest BCUT2D eigenvalue weighted by atomic mass is 19.4. The largest absolute Gasteiger partial charge is 0.416 e. The molecule has 3 nitrogen and oxygen atoms in total. The van der Waals surface area contributed by atoms with Gasteiger partial charge >= 0.3 is 6.18 Å². The van der Waals surface area contributed by atoms with Crippen LogP contribution in [0.4, 0.5) is 23.2 Å². The Hall–Kier alpha value is -1.34. The van der Waals surface area contributed by atoms with Gasteiger partial charge in [-0.1, -0.05) is 0 Å². The number of hydrogen-bond donors (Lipinski definition) is 2. The van der Waals surface area contributed by atoms with E-state index in [1.54, 1.807) is 0 Å². The molecule has 0 aromatic heterocycles. The molecular formula is C11H13F4NO2. The molecule has 0 spiro atoms. The molecule has 0 bridgehead atoms. The summed E-state index contributed by atoms with van der Waals surface area (Å²) in [6, 6.07) is 1.58. The molecular weight excluding hydrogens is 254 g/mol. The van der Waals surface area contributed by atoms with E-state index in [-0.39, 0.29) is 18.9 Å². The average molecular weight is 267 g/mol. The minimum atomic E-state index is -4.58. The van der Waals surface area contributed by atoms with Gasteiger partial charge in [0.05, 0.1) is 30.5 Å². The standard InChI is InChI=1S/C11H13F4NO2/c1-18-6-8(5-17)16-10-3-2-7(4-9(10)12)11(13,14)15/h2-4,8,16-17H,5-6H2,1H3. The Balaban J connectivity index is 2.85. The van der Waals surface area contributed by atoms with E-state index < -0.39 is 23.6 Å². The Morgan fingerprint density at radius 2 is 2.06 bits per heavy atom. The van der Waals surface area contributed by atoms with Crippen molar-refractivity contribution in [3.8, 4) is 0 Å². The summed E-state index contributed by atoms with van der Waals surface area (Å²) in [5, 5.41) is 11.5. The van der Waals surface area contributed by atoms with Crippen molar-refractivity contribution in [3.05, 3.63) is 29.6 Å². The van der Waals surface area contributed by atoms with Gasteiger partial charge in [0.25, 0.3) is 0 Å². The Bertz CT molecular complexity index is 395. The Labute approximate surface area is 101 Å². The predicted molar refractivity (Wildman–Crippen MR) is 57.8 cm³/mol. The van der Waals surface area contributed by atoms with Crippen molar-refractivity contribution < 1.29 is 27.4 Å². The Kier molecular flexibility index (Phi) is 4.92. The molecule has 0 fully saturated rings. The normalized spacial score (nSPS) is 13.4. The minimum absolute atomic E-state index is 0.108. The molecule has 0 heterocycles. The first kappa shape index (κ1) is 14.7. The SMILES string of the molecule is COCC(CO)Nc1ccc(C(F)(F)F)cc1F. The first-order chi connectivity index (χ1) is 8.38. The molecule has 0 aliphatic carbocycles. The number of halogens is 4. The number of ether oxygens (including phenoxy) is 1. The molecule has 1 aromatic carbocycles. The van der Waals surface area contributed by atoms with Crippen molar-refractivity contribution in [2.24, 2.45) is 0 Å². The second-order valence-corrected chi connectivity index (χ2v) is 3.67. The highest BCUT2D eigenvalue weighted by Gasteiger charge is 2.31. The predicted octanol–water partition coefficient (Wildman–Crippen LogP) is 2.26. The fourth-order valence-corrected chi connectivity index (χ4v) is 1.37. The number of rotatable bonds is 5. The van der Waals surface area contributed by atoms with Crippen LogP contribution in [0, 0.1) is 5.82 Å². The van der Waals surface area contributed by atoms with E-state index in [4.69, 9.17) is 9.84 Å². The summed E-state index contributed by atoms with van der Waals surface area (Å²) < 4.78 is 55.1. The zero-order valence-electron chi connectivity index (χ0n) is 9.59. The molecule has 0 amide bonds. The topological polar surface area (TPSA) is 41.5 Å². The number of aliphatic hydroxyl groups is 1. The highest BCUT2D eigenvalue weighted by molar-refractivity contribution is 5.47. The lowest BCUT2D eigenvalue weighted by Gasteiger charge is -2.17. The third-order valence-corrected chi connectivity index (χ3v) is 2.24. The molecule has 0 aliphatic rings. The Morgan fingerprint density at radius 3 is 2.50 bits per heavy atom. The lowest BCUT2D eigenvalue weighted by Crippen LogP contribution is -2.29. The molecule has 18 heavy (non-hydrogen) atoms. The molecule has 102 valence electrons. The second kappa shape index (κ2) is 6.01. The van der Waals surface area contributed by atoms with Crippen molar-refractivity contribution in [1.29, 1.82) is 0 Å². The maximum Gasteiger partial charge on any atom is 0.416 e. The fraction of sp³-hybridized carbons (Fsp3) is 0.455. The van der Waals surface area contributed by atoms with Crippen molar-refractivity contribution in [2.75, 3.05) is 25.6 Å². The highest BCUT2D eigenvalue weighted by Crippen LogP contribution is 2.31. The van der Waals surface area contributed by atoms with Gasteiger partial charge in [-0.25, -0.2) is 4.39 Å². The van der Waals surface area contributed by atoms with Gasteiger partial charge in [0.2, 0.25) is 0 Å². The average Bonchev–Trinajstić information content (AvgIpc) is 2.29. The zero-order chi connectivity index (χ0) is 13.8. The fourth-order valence-electron chi connectivity index (χ4n) is 1.37. The zero-order valence-corrected chi connectivity index (χ0v) is 9.59. The van der Waals surface area contributed by atoms with Crippen LogP contribution >= 0.6 is 0 Å². The molecule has 0 aliphatic heterocycles. The van der Waals surface area contributed by atoms with E-state index in [0.29, 0.717) is 6.07 Å². The molecule has 0 saturated carbocycles. The van der Waals surface area contributed by atoms with Crippen LogP contribution in [0.3, 0.4) is 0 Å². The van der Waals surface area contributed by atoms with Gasteiger partial charge in [0.1, 0.15) is 5.82 Å². The first-order valence-electron chi connectivity index (χ1n) is 5.11. The molecule has 1 unspecified atom stereocenters. The van der Waals surface area contributed by atoms with Crippen molar-refractivity contribution in [3.63, 3.8) is 0 Å². The lowest BCUT2D eigenvalue weighted by atomic mass is 10.1. The number of benzene rings is 1. The van der Waals surface area contributed by atoms with E-state index >= 15 is 0 Å². The monoisotopic (exact) mass is 267 g/mol. The van der Waals surface area contributed by atoms with E-state index in [2.05, 4.69) is 5.32 Å². The van der Waals surface area contributed by atoms with Gasteiger partial charge in [-0.15, -0.1) is 0 Å². The summed E-state index contributed by atoms with van der Waals surface area (Å²) in [6.45, 7) is -0.217. The molecule has 1 aromatic rings. The molecule has 0 radical (unpaired) electrons.